The first-order chi connectivity index (χ1) is 14.4. The van der Waals surface area contributed by atoms with Crippen LogP contribution in [0.1, 0.15) is 50.5 Å². The lowest BCUT2D eigenvalue weighted by Crippen LogP contribution is -2.29. The van der Waals surface area contributed by atoms with Crippen LogP contribution in [0.15, 0.2) is 48.5 Å². The van der Waals surface area contributed by atoms with Gasteiger partial charge in [0.2, 0.25) is 0 Å². The number of hydrogen-bond acceptors (Lipinski definition) is 3. The highest BCUT2D eigenvalue weighted by Crippen LogP contribution is 2.24. The van der Waals surface area contributed by atoms with Crippen LogP contribution in [0, 0.1) is 20.8 Å². The van der Waals surface area contributed by atoms with E-state index in [9.17, 15) is 9.59 Å². The zero-order valence-electron chi connectivity index (χ0n) is 17.6. The van der Waals surface area contributed by atoms with Crippen molar-refractivity contribution in [1.29, 1.82) is 0 Å². The number of benzene rings is 2. The van der Waals surface area contributed by atoms with Crippen LogP contribution in [0.2, 0.25) is 0 Å². The van der Waals surface area contributed by atoms with E-state index in [-0.39, 0.29) is 11.8 Å². The van der Waals surface area contributed by atoms with E-state index in [1.165, 1.54) is 0 Å². The van der Waals surface area contributed by atoms with E-state index in [1.54, 1.807) is 18.2 Å². The van der Waals surface area contributed by atoms with Gasteiger partial charge in [-0.1, -0.05) is 12.1 Å². The summed E-state index contributed by atoms with van der Waals surface area (Å²) >= 11 is 0. The average Bonchev–Trinajstić information content (AvgIpc) is 3.37. The molecular weight excluding hydrogens is 376 g/mol. The molecule has 1 N–H and O–H groups in total. The van der Waals surface area contributed by atoms with Gasteiger partial charge in [0.25, 0.3) is 11.8 Å². The number of anilines is 1. The van der Waals surface area contributed by atoms with E-state index >= 15 is 0 Å². The molecule has 1 saturated heterocycles. The molecule has 0 atom stereocenters. The summed E-state index contributed by atoms with van der Waals surface area (Å²) in [5.74, 6) is -0.253. The van der Waals surface area contributed by atoms with Gasteiger partial charge in [-0.2, -0.15) is 5.10 Å². The fraction of sp³-hybridized carbons (Fsp3) is 0.292. The van der Waals surface area contributed by atoms with Crippen molar-refractivity contribution >= 4 is 17.5 Å². The van der Waals surface area contributed by atoms with Crippen LogP contribution in [-0.4, -0.2) is 39.6 Å². The maximum absolute atomic E-state index is 13.0. The first kappa shape index (κ1) is 19.9. The molecule has 154 valence electrons. The normalized spacial score (nSPS) is 13.5. The summed E-state index contributed by atoms with van der Waals surface area (Å²) in [5, 5.41) is 7.41. The minimum Gasteiger partial charge on any atom is -0.339 e. The Kier molecular flexibility index (Phi) is 5.40. The van der Waals surface area contributed by atoms with Crippen molar-refractivity contribution in [2.45, 2.75) is 33.6 Å². The van der Waals surface area contributed by atoms with Crippen molar-refractivity contribution in [3.8, 4) is 5.69 Å². The Morgan fingerprint density at radius 1 is 0.967 bits per heavy atom. The van der Waals surface area contributed by atoms with E-state index in [0.29, 0.717) is 16.8 Å². The number of aryl methyl sites for hydroxylation is 3. The number of carbonyl (C=O) groups excluding carboxylic acids is 2. The molecule has 0 saturated carbocycles. The lowest BCUT2D eigenvalue weighted by molar-refractivity contribution is 0.0793. The zero-order valence-corrected chi connectivity index (χ0v) is 17.6. The third-order valence-electron chi connectivity index (χ3n) is 5.51. The Balaban J connectivity index is 1.56. The molecule has 6 nitrogen and oxygen atoms in total. The highest BCUT2D eigenvalue weighted by molar-refractivity contribution is 6.09. The van der Waals surface area contributed by atoms with Crippen molar-refractivity contribution in [2.75, 3.05) is 18.4 Å². The number of rotatable bonds is 4. The minimum atomic E-state index is -0.240. The SMILES string of the molecule is Cc1cc(C)n(-c2ccc(C(=O)Nc3cccc(C)c3C(=O)N3CCCC3)cc2)n1. The Labute approximate surface area is 176 Å². The zero-order chi connectivity index (χ0) is 21.3. The van der Waals surface area contributed by atoms with E-state index in [4.69, 9.17) is 0 Å². The fourth-order valence-electron chi connectivity index (χ4n) is 3.97. The van der Waals surface area contributed by atoms with Gasteiger partial charge in [-0.15, -0.1) is 0 Å². The summed E-state index contributed by atoms with van der Waals surface area (Å²) in [4.78, 5) is 27.8. The molecule has 4 rings (SSSR count). The van der Waals surface area contributed by atoms with Crippen LogP contribution in [-0.2, 0) is 0 Å². The van der Waals surface area contributed by atoms with Gasteiger partial charge in [0.1, 0.15) is 0 Å². The quantitative estimate of drug-likeness (QED) is 0.708. The van der Waals surface area contributed by atoms with Crippen LogP contribution < -0.4 is 5.32 Å². The van der Waals surface area contributed by atoms with E-state index in [2.05, 4.69) is 10.4 Å². The Morgan fingerprint density at radius 3 is 2.30 bits per heavy atom. The Hall–Kier alpha value is -3.41. The molecule has 2 amide bonds. The number of aromatic nitrogens is 2. The molecular formula is C24H26N4O2. The number of carbonyl (C=O) groups is 2. The van der Waals surface area contributed by atoms with Crippen molar-refractivity contribution < 1.29 is 9.59 Å². The molecule has 0 bridgehead atoms. The fourth-order valence-corrected chi connectivity index (χ4v) is 3.97. The largest absolute Gasteiger partial charge is 0.339 e. The first-order valence-electron chi connectivity index (χ1n) is 10.3. The molecule has 30 heavy (non-hydrogen) atoms. The van der Waals surface area contributed by atoms with Gasteiger partial charge in [-0.25, -0.2) is 4.68 Å². The van der Waals surface area contributed by atoms with Gasteiger partial charge in [0.15, 0.2) is 0 Å². The second kappa shape index (κ2) is 8.14. The summed E-state index contributed by atoms with van der Waals surface area (Å²) in [5.41, 5.74) is 5.41. The summed E-state index contributed by atoms with van der Waals surface area (Å²) in [6, 6.07) is 14.9. The van der Waals surface area contributed by atoms with Gasteiger partial charge >= 0.3 is 0 Å². The minimum absolute atomic E-state index is 0.0132. The Morgan fingerprint density at radius 2 is 1.67 bits per heavy atom. The maximum atomic E-state index is 13.0. The molecule has 1 aliphatic heterocycles. The van der Waals surface area contributed by atoms with E-state index < -0.39 is 0 Å². The van der Waals surface area contributed by atoms with Gasteiger partial charge in [-0.3, -0.25) is 9.59 Å². The van der Waals surface area contributed by atoms with Gasteiger partial charge in [0, 0.05) is 24.3 Å². The highest BCUT2D eigenvalue weighted by Gasteiger charge is 2.24. The van der Waals surface area contributed by atoms with Crippen molar-refractivity contribution in [3.05, 3.63) is 76.6 Å². The predicted molar refractivity (Wildman–Crippen MR) is 117 cm³/mol. The van der Waals surface area contributed by atoms with Crippen molar-refractivity contribution in [3.63, 3.8) is 0 Å². The maximum Gasteiger partial charge on any atom is 0.256 e. The molecule has 2 aromatic carbocycles. The van der Waals surface area contributed by atoms with E-state index in [0.717, 1.165) is 48.6 Å². The first-order valence-corrected chi connectivity index (χ1v) is 10.3. The van der Waals surface area contributed by atoms with Gasteiger partial charge < -0.3 is 10.2 Å². The molecule has 1 aromatic heterocycles. The lowest BCUT2D eigenvalue weighted by Gasteiger charge is -2.19. The average molecular weight is 402 g/mol. The van der Waals surface area contributed by atoms with Crippen LogP contribution >= 0.6 is 0 Å². The van der Waals surface area contributed by atoms with Crippen LogP contribution in [0.3, 0.4) is 0 Å². The predicted octanol–water partition coefficient (Wildman–Crippen LogP) is 4.29. The molecule has 2 heterocycles. The van der Waals surface area contributed by atoms with E-state index in [1.807, 2.05) is 60.7 Å². The van der Waals surface area contributed by atoms with Crippen LogP contribution in [0.25, 0.3) is 5.69 Å². The summed E-state index contributed by atoms with van der Waals surface area (Å²) in [7, 11) is 0. The summed E-state index contributed by atoms with van der Waals surface area (Å²) < 4.78 is 1.85. The number of hydrogen-bond donors (Lipinski definition) is 1. The second-order valence-corrected chi connectivity index (χ2v) is 7.84. The van der Waals surface area contributed by atoms with Gasteiger partial charge in [-0.05, 0) is 75.6 Å². The molecule has 0 aliphatic carbocycles. The smallest absolute Gasteiger partial charge is 0.256 e. The number of nitrogens with one attached hydrogen (secondary N) is 1. The molecule has 1 fully saturated rings. The topological polar surface area (TPSA) is 67.2 Å². The third-order valence-corrected chi connectivity index (χ3v) is 5.51. The molecule has 0 radical (unpaired) electrons. The molecule has 0 unspecified atom stereocenters. The molecule has 6 heteroatoms. The summed E-state index contributed by atoms with van der Waals surface area (Å²) in [6.45, 7) is 7.40. The standard InChI is InChI=1S/C24H26N4O2/c1-16-7-6-8-21(22(16)24(30)27-13-4-5-14-27)25-23(29)19-9-11-20(12-10-19)28-18(3)15-17(2)26-28/h6-12,15H,4-5,13-14H2,1-3H3,(H,25,29). The van der Waals surface area contributed by atoms with Crippen LogP contribution in [0.4, 0.5) is 5.69 Å². The van der Waals surface area contributed by atoms with Crippen molar-refractivity contribution in [2.24, 2.45) is 0 Å². The lowest BCUT2D eigenvalue weighted by atomic mass is 10.0. The Bertz CT molecular complexity index is 1090. The third kappa shape index (κ3) is 3.85. The summed E-state index contributed by atoms with van der Waals surface area (Å²) in [6.07, 6.45) is 2.06. The second-order valence-electron chi connectivity index (χ2n) is 7.84. The number of nitrogens with zero attached hydrogens (tertiary/aromatic N) is 3. The molecule has 3 aromatic rings. The number of likely N-dealkylation sites (tertiary alicyclic amines) is 1. The highest BCUT2D eigenvalue weighted by atomic mass is 16.2. The van der Waals surface area contributed by atoms with Crippen molar-refractivity contribution in [1.82, 2.24) is 14.7 Å². The molecule has 0 spiro atoms. The number of amides is 2. The van der Waals surface area contributed by atoms with Crippen LogP contribution in [0.5, 0.6) is 0 Å². The molecule has 1 aliphatic rings. The van der Waals surface area contributed by atoms with Gasteiger partial charge in [0.05, 0.1) is 22.6 Å². The monoisotopic (exact) mass is 402 g/mol.